The van der Waals surface area contributed by atoms with Gasteiger partial charge in [-0.3, -0.25) is 4.72 Å². The van der Waals surface area contributed by atoms with Crippen molar-refractivity contribution in [1.82, 2.24) is 10.3 Å². The van der Waals surface area contributed by atoms with Crippen LogP contribution in [-0.2, 0) is 16.6 Å². The van der Waals surface area contributed by atoms with Crippen molar-refractivity contribution in [2.45, 2.75) is 25.3 Å². The zero-order chi connectivity index (χ0) is 15.5. The number of thiophene rings is 1. The fourth-order valence-electron chi connectivity index (χ4n) is 1.63. The lowest BCUT2D eigenvalue weighted by molar-refractivity contribution is 0.601. The Labute approximate surface area is 137 Å². The Bertz CT molecular complexity index is 729. The average Bonchev–Trinajstić information content (AvgIpc) is 2.90. The number of aryl methyl sites for hydroxylation is 1. The van der Waals surface area contributed by atoms with Gasteiger partial charge in [0.15, 0.2) is 0 Å². The summed E-state index contributed by atoms with van der Waals surface area (Å²) >= 11 is 4.76. The van der Waals surface area contributed by atoms with Gasteiger partial charge in [0.05, 0.1) is 4.90 Å². The largest absolute Gasteiger partial charge is 0.312 e. The van der Waals surface area contributed by atoms with Crippen LogP contribution in [0, 0.1) is 6.92 Å². The molecule has 2 N–H and O–H groups in total. The molecule has 0 radical (unpaired) electrons. The number of halogens is 1. The van der Waals surface area contributed by atoms with Crippen LogP contribution in [0.15, 0.2) is 33.1 Å². The highest BCUT2D eigenvalue weighted by Gasteiger charge is 2.17. The van der Waals surface area contributed by atoms with E-state index in [0.29, 0.717) is 12.4 Å². The molecule has 0 aliphatic carbocycles. The molecule has 2 heterocycles. The molecule has 0 fully saturated rings. The third-order valence-corrected chi connectivity index (χ3v) is 6.03. The van der Waals surface area contributed by atoms with Crippen molar-refractivity contribution in [3.8, 4) is 0 Å². The SMILES string of the molecule is CCNCc1cc(S(=O)(=O)Nc2cc(C)c(Br)cn2)cs1. The smallest absolute Gasteiger partial charge is 0.263 e. The standard InChI is InChI=1S/C13H16BrN3O2S2/c1-3-15-6-10-5-11(8-20-10)21(18,19)17-13-4-9(2)12(14)7-16-13/h4-5,7-8,15H,3,6H2,1-2H3,(H,16,17). The molecule has 2 aromatic heterocycles. The molecule has 2 rings (SSSR count). The highest BCUT2D eigenvalue weighted by Crippen LogP contribution is 2.23. The zero-order valence-corrected chi connectivity index (χ0v) is 14.9. The van der Waals surface area contributed by atoms with Crippen LogP contribution in [-0.4, -0.2) is 19.9 Å². The number of aromatic nitrogens is 1. The average molecular weight is 390 g/mol. The topological polar surface area (TPSA) is 71.1 Å². The fourth-order valence-corrected chi connectivity index (χ4v) is 4.09. The molecule has 0 aliphatic rings. The molecule has 5 nitrogen and oxygen atoms in total. The zero-order valence-electron chi connectivity index (χ0n) is 11.7. The number of hydrogen-bond acceptors (Lipinski definition) is 5. The summed E-state index contributed by atoms with van der Waals surface area (Å²) in [5.74, 6) is 0.315. The molecule has 0 amide bonds. The summed E-state index contributed by atoms with van der Waals surface area (Å²) < 4.78 is 28.0. The highest BCUT2D eigenvalue weighted by molar-refractivity contribution is 9.10. The van der Waals surface area contributed by atoms with Crippen LogP contribution in [0.4, 0.5) is 5.82 Å². The van der Waals surface area contributed by atoms with Crippen LogP contribution >= 0.6 is 27.3 Å². The number of sulfonamides is 1. The quantitative estimate of drug-likeness (QED) is 0.795. The molecular weight excluding hydrogens is 374 g/mol. The third kappa shape index (κ3) is 4.26. The number of nitrogens with zero attached hydrogens (tertiary/aromatic N) is 1. The summed E-state index contributed by atoms with van der Waals surface area (Å²) in [5, 5.41) is 4.81. The van der Waals surface area contributed by atoms with Crippen LogP contribution in [0.1, 0.15) is 17.4 Å². The summed E-state index contributed by atoms with van der Waals surface area (Å²) in [7, 11) is -3.59. The number of anilines is 1. The van der Waals surface area contributed by atoms with Crippen molar-refractivity contribution in [3.05, 3.63) is 38.6 Å². The van der Waals surface area contributed by atoms with Crippen molar-refractivity contribution in [3.63, 3.8) is 0 Å². The minimum atomic E-state index is -3.59. The van der Waals surface area contributed by atoms with Crippen LogP contribution in [0.3, 0.4) is 0 Å². The first-order valence-corrected chi connectivity index (χ1v) is 9.51. The maximum atomic E-state index is 12.3. The molecule has 0 atom stereocenters. The van der Waals surface area contributed by atoms with E-state index in [9.17, 15) is 8.42 Å². The van der Waals surface area contributed by atoms with Gasteiger partial charge in [-0.15, -0.1) is 11.3 Å². The molecular formula is C13H16BrN3O2S2. The maximum absolute atomic E-state index is 12.3. The number of hydrogen-bond donors (Lipinski definition) is 2. The molecule has 114 valence electrons. The summed E-state index contributed by atoms with van der Waals surface area (Å²) in [6, 6.07) is 3.37. The number of nitrogens with one attached hydrogen (secondary N) is 2. The molecule has 0 unspecified atom stereocenters. The molecule has 0 aliphatic heterocycles. The summed E-state index contributed by atoms with van der Waals surface area (Å²) in [6.45, 7) is 5.41. The maximum Gasteiger partial charge on any atom is 0.263 e. The summed E-state index contributed by atoms with van der Waals surface area (Å²) in [5.41, 5.74) is 0.917. The van der Waals surface area contributed by atoms with Crippen LogP contribution in [0.25, 0.3) is 0 Å². The molecule has 0 spiro atoms. The predicted molar refractivity (Wildman–Crippen MR) is 89.2 cm³/mol. The van der Waals surface area contributed by atoms with E-state index >= 15 is 0 Å². The second-order valence-electron chi connectivity index (χ2n) is 4.45. The van der Waals surface area contributed by atoms with E-state index in [1.54, 1.807) is 23.7 Å². The van der Waals surface area contributed by atoms with Crippen LogP contribution < -0.4 is 10.0 Å². The first-order valence-electron chi connectivity index (χ1n) is 6.35. The third-order valence-electron chi connectivity index (χ3n) is 2.78. The Kier molecular flexibility index (Phi) is 5.37. The van der Waals surface area contributed by atoms with E-state index in [0.717, 1.165) is 21.5 Å². The minimum Gasteiger partial charge on any atom is -0.312 e. The molecule has 0 bridgehead atoms. The predicted octanol–water partition coefficient (Wildman–Crippen LogP) is 3.12. The van der Waals surface area contributed by atoms with Crippen LogP contribution in [0.5, 0.6) is 0 Å². The molecule has 0 saturated heterocycles. The molecule has 0 saturated carbocycles. The Morgan fingerprint density at radius 3 is 2.81 bits per heavy atom. The van der Waals surface area contributed by atoms with E-state index < -0.39 is 10.0 Å². The van der Waals surface area contributed by atoms with Gasteiger partial charge in [-0.25, -0.2) is 13.4 Å². The lowest BCUT2D eigenvalue weighted by Gasteiger charge is -2.07. The van der Waals surface area contributed by atoms with E-state index in [1.165, 1.54) is 11.3 Å². The summed E-state index contributed by atoms with van der Waals surface area (Å²) in [4.78, 5) is 5.31. The second kappa shape index (κ2) is 6.87. The first kappa shape index (κ1) is 16.4. The van der Waals surface area contributed by atoms with Crippen LogP contribution in [0.2, 0.25) is 0 Å². The number of pyridine rings is 1. The van der Waals surface area contributed by atoms with Gasteiger partial charge in [0.25, 0.3) is 10.0 Å². The Balaban J connectivity index is 2.17. The van der Waals surface area contributed by atoms with Gasteiger partial charge < -0.3 is 5.32 Å². The second-order valence-corrected chi connectivity index (χ2v) is 7.99. The van der Waals surface area contributed by atoms with Gasteiger partial charge >= 0.3 is 0 Å². The van der Waals surface area contributed by atoms with E-state index in [1.807, 2.05) is 13.8 Å². The lowest BCUT2D eigenvalue weighted by Crippen LogP contribution is -2.13. The first-order chi connectivity index (χ1) is 9.92. The molecule has 0 aromatic carbocycles. The fraction of sp³-hybridized carbons (Fsp3) is 0.308. The van der Waals surface area contributed by atoms with Crippen molar-refractivity contribution in [2.24, 2.45) is 0 Å². The van der Waals surface area contributed by atoms with Gasteiger partial charge in [0, 0.05) is 27.5 Å². The van der Waals surface area contributed by atoms with Gasteiger partial charge in [-0.2, -0.15) is 0 Å². The van der Waals surface area contributed by atoms with Crippen molar-refractivity contribution >= 4 is 43.1 Å². The molecule has 8 heteroatoms. The van der Waals surface area contributed by atoms with Gasteiger partial charge in [0.2, 0.25) is 0 Å². The molecule has 21 heavy (non-hydrogen) atoms. The minimum absolute atomic E-state index is 0.266. The lowest BCUT2D eigenvalue weighted by atomic mass is 10.3. The van der Waals surface area contributed by atoms with Gasteiger partial charge in [-0.1, -0.05) is 6.92 Å². The molecule has 2 aromatic rings. The van der Waals surface area contributed by atoms with Crippen molar-refractivity contribution in [1.29, 1.82) is 0 Å². The van der Waals surface area contributed by atoms with E-state index in [-0.39, 0.29) is 4.90 Å². The van der Waals surface area contributed by atoms with Crippen molar-refractivity contribution < 1.29 is 8.42 Å². The normalized spacial score (nSPS) is 11.6. The van der Waals surface area contributed by atoms with Crippen molar-refractivity contribution in [2.75, 3.05) is 11.3 Å². The van der Waals surface area contributed by atoms with Gasteiger partial charge in [-0.05, 0) is 47.1 Å². The Morgan fingerprint density at radius 2 is 2.14 bits per heavy atom. The Morgan fingerprint density at radius 1 is 1.38 bits per heavy atom. The van der Waals surface area contributed by atoms with Gasteiger partial charge in [0.1, 0.15) is 5.82 Å². The monoisotopic (exact) mass is 389 g/mol. The summed E-state index contributed by atoms with van der Waals surface area (Å²) in [6.07, 6.45) is 1.58. The number of rotatable bonds is 6. The van der Waals surface area contributed by atoms with E-state index in [2.05, 4.69) is 31.0 Å². The Hall–Kier alpha value is -0.960. The highest BCUT2D eigenvalue weighted by atomic mass is 79.9. The van der Waals surface area contributed by atoms with E-state index in [4.69, 9.17) is 0 Å².